The van der Waals surface area contributed by atoms with Crippen LogP contribution in [0.5, 0.6) is 0 Å². The number of amides is 1. The van der Waals surface area contributed by atoms with Gasteiger partial charge in [-0.3, -0.25) is 4.79 Å². The fourth-order valence-corrected chi connectivity index (χ4v) is 1.74. The van der Waals surface area contributed by atoms with Crippen molar-refractivity contribution in [1.29, 1.82) is 0 Å². The molecule has 2 N–H and O–H groups in total. The molecule has 0 aromatic heterocycles. The molecular weight excluding hydrogens is 274 g/mol. The number of aliphatic hydroxyl groups is 1. The lowest BCUT2D eigenvalue weighted by Crippen LogP contribution is -2.49. The second-order valence-electron chi connectivity index (χ2n) is 4.50. The van der Waals surface area contributed by atoms with Crippen molar-refractivity contribution < 1.29 is 24.2 Å². The summed E-state index contributed by atoms with van der Waals surface area (Å²) in [5, 5.41) is 12.4. The van der Waals surface area contributed by atoms with Crippen LogP contribution < -0.4 is 5.32 Å². The number of hydrogen-bond donors (Lipinski definition) is 2. The highest BCUT2D eigenvalue weighted by atomic mass is 16.5. The molecule has 0 saturated carbocycles. The predicted molar refractivity (Wildman–Crippen MR) is 76.3 cm³/mol. The summed E-state index contributed by atoms with van der Waals surface area (Å²) in [5.74, 6) is -1.13. The predicted octanol–water partition coefficient (Wildman–Crippen LogP) is 0.632. The molecule has 1 aromatic rings. The summed E-state index contributed by atoms with van der Waals surface area (Å²) in [6.07, 6.45) is -1.45. The van der Waals surface area contributed by atoms with Gasteiger partial charge in [0.1, 0.15) is 0 Å². The van der Waals surface area contributed by atoms with Crippen LogP contribution in [0.15, 0.2) is 30.3 Å². The summed E-state index contributed by atoms with van der Waals surface area (Å²) in [6.45, 7) is 3.44. The largest absolute Gasteiger partial charge is 0.464 e. The van der Waals surface area contributed by atoms with Crippen LogP contribution in [0.25, 0.3) is 0 Å². The molecule has 6 nitrogen and oxygen atoms in total. The van der Waals surface area contributed by atoms with E-state index in [-0.39, 0.29) is 19.1 Å². The van der Waals surface area contributed by atoms with Crippen LogP contribution >= 0.6 is 0 Å². The average Bonchev–Trinajstić information content (AvgIpc) is 2.46. The second-order valence-corrected chi connectivity index (χ2v) is 4.50. The molecule has 6 heteroatoms. The quantitative estimate of drug-likeness (QED) is 0.687. The third-order valence-electron chi connectivity index (χ3n) is 2.71. The van der Waals surface area contributed by atoms with Crippen molar-refractivity contribution in [2.75, 3.05) is 13.2 Å². The van der Waals surface area contributed by atoms with Gasteiger partial charge in [0.15, 0.2) is 6.10 Å². The molecule has 0 aliphatic carbocycles. The van der Waals surface area contributed by atoms with Gasteiger partial charge in [0, 0.05) is 6.92 Å². The van der Waals surface area contributed by atoms with Crippen LogP contribution in [0.4, 0.5) is 0 Å². The van der Waals surface area contributed by atoms with Gasteiger partial charge in [0.25, 0.3) is 0 Å². The number of esters is 1. The minimum atomic E-state index is -1.45. The first kappa shape index (κ1) is 17.1. The molecule has 0 spiro atoms. The van der Waals surface area contributed by atoms with Gasteiger partial charge in [-0.1, -0.05) is 30.3 Å². The summed E-state index contributed by atoms with van der Waals surface area (Å²) in [7, 11) is 0. The average molecular weight is 295 g/mol. The Hall–Kier alpha value is -1.92. The summed E-state index contributed by atoms with van der Waals surface area (Å²) in [4.78, 5) is 22.7. The van der Waals surface area contributed by atoms with Crippen molar-refractivity contribution in [3.8, 4) is 0 Å². The number of carbonyl (C=O) groups excluding carboxylic acids is 2. The topological polar surface area (TPSA) is 84.9 Å². The number of benzene rings is 1. The van der Waals surface area contributed by atoms with E-state index in [9.17, 15) is 14.7 Å². The highest BCUT2D eigenvalue weighted by Crippen LogP contribution is 2.04. The number of ether oxygens (including phenoxy) is 2. The molecule has 1 amide bonds. The molecule has 1 rings (SSSR count). The van der Waals surface area contributed by atoms with Crippen LogP contribution in [-0.2, 0) is 25.7 Å². The van der Waals surface area contributed by atoms with Crippen molar-refractivity contribution in [3.63, 3.8) is 0 Å². The zero-order valence-electron chi connectivity index (χ0n) is 12.2. The Kier molecular flexibility index (Phi) is 7.42. The van der Waals surface area contributed by atoms with Crippen LogP contribution in [0.3, 0.4) is 0 Å². The Morgan fingerprint density at radius 1 is 1.29 bits per heavy atom. The maximum atomic E-state index is 11.5. The van der Waals surface area contributed by atoms with Crippen molar-refractivity contribution >= 4 is 11.9 Å². The third kappa shape index (κ3) is 6.37. The molecule has 116 valence electrons. The highest BCUT2D eigenvalue weighted by molar-refractivity contribution is 5.78. The first-order chi connectivity index (χ1) is 10.0. The second kappa shape index (κ2) is 9.10. The number of rotatable bonds is 8. The zero-order valence-corrected chi connectivity index (χ0v) is 12.2. The van der Waals surface area contributed by atoms with Crippen molar-refractivity contribution in [2.45, 2.75) is 32.6 Å². The van der Waals surface area contributed by atoms with Crippen LogP contribution in [0.1, 0.15) is 19.4 Å². The Labute approximate surface area is 124 Å². The third-order valence-corrected chi connectivity index (χ3v) is 2.71. The minimum absolute atomic E-state index is 0.00839. The molecule has 0 fully saturated rings. The van der Waals surface area contributed by atoms with E-state index in [4.69, 9.17) is 9.47 Å². The maximum Gasteiger partial charge on any atom is 0.337 e. The maximum absolute atomic E-state index is 11.5. The van der Waals surface area contributed by atoms with E-state index in [2.05, 4.69) is 5.32 Å². The van der Waals surface area contributed by atoms with E-state index in [1.165, 1.54) is 6.92 Å². The van der Waals surface area contributed by atoms with Gasteiger partial charge in [-0.25, -0.2) is 4.79 Å². The number of aliphatic hydroxyl groups excluding tert-OH is 1. The molecule has 0 aliphatic rings. The first-order valence-corrected chi connectivity index (χ1v) is 6.78. The molecule has 21 heavy (non-hydrogen) atoms. The molecule has 0 saturated heterocycles. The van der Waals surface area contributed by atoms with E-state index in [1.807, 2.05) is 30.3 Å². The van der Waals surface area contributed by atoms with Crippen LogP contribution in [-0.4, -0.2) is 42.3 Å². The summed E-state index contributed by atoms with van der Waals surface area (Å²) in [5.41, 5.74) is 0.963. The lowest BCUT2D eigenvalue weighted by Gasteiger charge is -2.22. The smallest absolute Gasteiger partial charge is 0.337 e. The number of hydrogen-bond acceptors (Lipinski definition) is 5. The lowest BCUT2D eigenvalue weighted by molar-refractivity contribution is -0.156. The molecule has 2 atom stereocenters. The minimum Gasteiger partial charge on any atom is -0.464 e. The fraction of sp³-hybridized carbons (Fsp3) is 0.467. The van der Waals surface area contributed by atoms with Crippen LogP contribution in [0.2, 0.25) is 0 Å². The molecule has 0 unspecified atom stereocenters. The summed E-state index contributed by atoms with van der Waals surface area (Å²) in [6, 6.07) is 8.62. The standard InChI is InChI=1S/C15H21NO5/c1-3-21-15(19)14(18)13(16-11(2)17)10-20-9-12-7-5-4-6-8-12/h4-8,13-14,18H,3,9-10H2,1-2H3,(H,16,17)/t13-,14+/m1/s1. The van der Waals surface area contributed by atoms with Crippen molar-refractivity contribution in [2.24, 2.45) is 0 Å². The monoisotopic (exact) mass is 295 g/mol. The Morgan fingerprint density at radius 3 is 2.52 bits per heavy atom. The Balaban J connectivity index is 2.53. The number of carbonyl (C=O) groups is 2. The molecule has 0 aliphatic heterocycles. The first-order valence-electron chi connectivity index (χ1n) is 6.78. The SMILES string of the molecule is CCOC(=O)[C@@H](O)[C@@H](COCc1ccccc1)NC(C)=O. The van der Waals surface area contributed by atoms with Gasteiger partial charge in [-0.15, -0.1) is 0 Å². The van der Waals surface area contributed by atoms with Gasteiger partial charge in [-0.2, -0.15) is 0 Å². The summed E-state index contributed by atoms with van der Waals surface area (Å²) >= 11 is 0. The van der Waals surface area contributed by atoms with E-state index in [0.717, 1.165) is 5.56 Å². The van der Waals surface area contributed by atoms with E-state index >= 15 is 0 Å². The molecule has 0 bridgehead atoms. The fourth-order valence-electron chi connectivity index (χ4n) is 1.74. The molecule has 1 aromatic carbocycles. The van der Waals surface area contributed by atoms with Gasteiger partial charge >= 0.3 is 5.97 Å². The van der Waals surface area contributed by atoms with Gasteiger partial charge < -0.3 is 19.9 Å². The van der Waals surface area contributed by atoms with E-state index in [0.29, 0.717) is 6.61 Å². The Bertz CT molecular complexity index is 449. The highest BCUT2D eigenvalue weighted by Gasteiger charge is 2.28. The normalized spacial score (nSPS) is 13.3. The van der Waals surface area contributed by atoms with Gasteiger partial charge in [0.2, 0.25) is 5.91 Å². The van der Waals surface area contributed by atoms with E-state index in [1.54, 1.807) is 6.92 Å². The zero-order chi connectivity index (χ0) is 15.7. The van der Waals surface area contributed by atoms with Crippen molar-refractivity contribution in [1.82, 2.24) is 5.32 Å². The summed E-state index contributed by atoms with van der Waals surface area (Å²) < 4.78 is 10.2. The van der Waals surface area contributed by atoms with Crippen molar-refractivity contribution in [3.05, 3.63) is 35.9 Å². The number of nitrogens with one attached hydrogen (secondary N) is 1. The van der Waals surface area contributed by atoms with Gasteiger partial charge in [0.05, 0.1) is 25.9 Å². The van der Waals surface area contributed by atoms with Gasteiger partial charge in [-0.05, 0) is 12.5 Å². The molecule has 0 radical (unpaired) electrons. The van der Waals surface area contributed by atoms with Crippen LogP contribution in [0, 0.1) is 0 Å². The molecular formula is C15H21NO5. The molecule has 0 heterocycles. The Morgan fingerprint density at radius 2 is 1.95 bits per heavy atom. The van der Waals surface area contributed by atoms with E-state index < -0.39 is 18.1 Å². The lowest BCUT2D eigenvalue weighted by atomic mass is 10.1.